The summed E-state index contributed by atoms with van der Waals surface area (Å²) in [5.74, 6) is -0.335. The smallest absolute Gasteiger partial charge is 0.243 e. The first kappa shape index (κ1) is 22.5. The van der Waals surface area contributed by atoms with Crippen LogP contribution in [-0.4, -0.2) is 49.1 Å². The number of nitrogens with zero attached hydrogens (tertiary/aromatic N) is 2. The van der Waals surface area contributed by atoms with Crippen LogP contribution < -0.4 is 5.32 Å². The molecular weight excluding hydrogens is 426 g/mol. The van der Waals surface area contributed by atoms with Crippen LogP contribution in [-0.2, 0) is 26.2 Å². The van der Waals surface area contributed by atoms with Gasteiger partial charge in [-0.3, -0.25) is 9.59 Å². The Labute approximate surface area is 189 Å². The number of nitrogens with one attached hydrogen (secondary N) is 1. The first-order chi connectivity index (χ1) is 15.3. The third-order valence-electron chi connectivity index (χ3n) is 6.18. The van der Waals surface area contributed by atoms with E-state index in [4.69, 9.17) is 0 Å². The summed E-state index contributed by atoms with van der Waals surface area (Å²) in [4.78, 5) is 27.0. The molecule has 2 amide bonds. The molecule has 2 unspecified atom stereocenters. The zero-order chi connectivity index (χ0) is 22.7. The number of hydrogen-bond donors (Lipinski definition) is 1. The summed E-state index contributed by atoms with van der Waals surface area (Å²) < 4.78 is 27.3. The van der Waals surface area contributed by atoms with Gasteiger partial charge in [-0.2, -0.15) is 4.31 Å². The number of anilines is 1. The van der Waals surface area contributed by atoms with Gasteiger partial charge in [0.05, 0.1) is 10.8 Å². The summed E-state index contributed by atoms with van der Waals surface area (Å²) in [5.41, 5.74) is 1.55. The van der Waals surface area contributed by atoms with Gasteiger partial charge in [-0.25, -0.2) is 8.42 Å². The van der Waals surface area contributed by atoms with Gasteiger partial charge in [0.1, 0.15) is 0 Å². The van der Waals surface area contributed by atoms with E-state index in [1.807, 2.05) is 30.3 Å². The average molecular weight is 456 g/mol. The number of piperidine rings is 1. The Balaban J connectivity index is 1.36. The molecule has 1 N–H and O–H groups in total. The minimum Gasteiger partial charge on any atom is -0.338 e. The topological polar surface area (TPSA) is 86.8 Å². The first-order valence-electron chi connectivity index (χ1n) is 11.1. The van der Waals surface area contributed by atoms with Crippen molar-refractivity contribution in [2.45, 2.75) is 37.6 Å². The number of carbonyl (C=O) groups excluding carboxylic acids is 2. The molecule has 170 valence electrons. The lowest BCUT2D eigenvalue weighted by Gasteiger charge is -2.30. The van der Waals surface area contributed by atoms with Crippen LogP contribution in [0, 0.1) is 11.8 Å². The lowest BCUT2D eigenvalue weighted by atomic mass is 10.0. The van der Waals surface area contributed by atoms with Gasteiger partial charge in [-0.1, -0.05) is 37.3 Å². The van der Waals surface area contributed by atoms with E-state index in [-0.39, 0.29) is 23.1 Å². The normalized spacial score (nSPS) is 22.2. The van der Waals surface area contributed by atoms with Crippen molar-refractivity contribution in [3.05, 3.63) is 60.2 Å². The van der Waals surface area contributed by atoms with Crippen LogP contribution in [0.5, 0.6) is 0 Å². The standard InChI is InChI=1S/C24H29N3O4S/c1-18-6-5-13-27(15-18)32(30,31)22-11-9-21(10-12-22)25-24(29)20-14-23(28)26(17-20)16-19-7-3-2-4-8-19/h2-4,7-12,18,20H,5-6,13-17H2,1H3,(H,25,29). The van der Waals surface area contributed by atoms with E-state index in [0.717, 1.165) is 18.4 Å². The zero-order valence-corrected chi connectivity index (χ0v) is 19.1. The van der Waals surface area contributed by atoms with Crippen molar-refractivity contribution in [3.8, 4) is 0 Å². The number of carbonyl (C=O) groups is 2. The second kappa shape index (κ2) is 9.42. The average Bonchev–Trinajstić information content (AvgIpc) is 3.15. The van der Waals surface area contributed by atoms with Gasteiger partial charge in [0.2, 0.25) is 21.8 Å². The zero-order valence-electron chi connectivity index (χ0n) is 18.2. The second-order valence-corrected chi connectivity index (χ2v) is 10.7. The molecule has 32 heavy (non-hydrogen) atoms. The third-order valence-corrected chi connectivity index (χ3v) is 8.06. The lowest BCUT2D eigenvalue weighted by Crippen LogP contribution is -2.39. The van der Waals surface area contributed by atoms with Gasteiger partial charge in [-0.05, 0) is 48.6 Å². The Kier molecular flexibility index (Phi) is 6.62. The van der Waals surface area contributed by atoms with Gasteiger partial charge in [0, 0.05) is 38.3 Å². The molecule has 2 atom stereocenters. The highest BCUT2D eigenvalue weighted by atomic mass is 32.2. The summed E-state index contributed by atoms with van der Waals surface area (Å²) in [5, 5.41) is 2.83. The van der Waals surface area contributed by atoms with Gasteiger partial charge >= 0.3 is 0 Å². The Bertz CT molecular complexity index is 1070. The highest BCUT2D eigenvalue weighted by molar-refractivity contribution is 7.89. The summed E-state index contributed by atoms with van der Waals surface area (Å²) in [6.07, 6.45) is 2.09. The van der Waals surface area contributed by atoms with E-state index in [0.29, 0.717) is 37.8 Å². The summed E-state index contributed by atoms with van der Waals surface area (Å²) >= 11 is 0. The van der Waals surface area contributed by atoms with E-state index in [1.54, 1.807) is 21.3 Å². The first-order valence-corrected chi connectivity index (χ1v) is 12.5. The van der Waals surface area contributed by atoms with Crippen molar-refractivity contribution in [2.24, 2.45) is 11.8 Å². The summed E-state index contributed by atoms with van der Waals surface area (Å²) in [6.45, 7) is 4.01. The fraction of sp³-hybridized carbons (Fsp3) is 0.417. The molecule has 0 saturated carbocycles. The van der Waals surface area contributed by atoms with Crippen molar-refractivity contribution in [2.75, 3.05) is 25.0 Å². The van der Waals surface area contributed by atoms with E-state index in [1.165, 1.54) is 12.1 Å². The van der Waals surface area contributed by atoms with Crippen LogP contribution in [0.25, 0.3) is 0 Å². The molecular formula is C24H29N3O4S. The molecule has 2 aromatic carbocycles. The molecule has 2 heterocycles. The number of amides is 2. The molecule has 4 rings (SSSR count). The number of benzene rings is 2. The van der Waals surface area contributed by atoms with Crippen LogP contribution in [0.15, 0.2) is 59.5 Å². The van der Waals surface area contributed by atoms with Crippen molar-refractivity contribution in [1.82, 2.24) is 9.21 Å². The lowest BCUT2D eigenvalue weighted by molar-refractivity contribution is -0.128. The molecule has 0 spiro atoms. The SMILES string of the molecule is CC1CCCN(S(=O)(=O)c2ccc(NC(=O)C3CC(=O)N(Cc4ccccc4)C3)cc2)C1. The molecule has 2 fully saturated rings. The minimum atomic E-state index is -3.53. The predicted molar refractivity (Wildman–Crippen MR) is 122 cm³/mol. The molecule has 7 nitrogen and oxygen atoms in total. The van der Waals surface area contributed by atoms with Crippen molar-refractivity contribution in [3.63, 3.8) is 0 Å². The summed E-state index contributed by atoms with van der Waals surface area (Å²) in [6, 6.07) is 16.0. The Morgan fingerprint density at radius 2 is 1.78 bits per heavy atom. The van der Waals surface area contributed by atoms with Crippen LogP contribution >= 0.6 is 0 Å². The van der Waals surface area contributed by atoms with Crippen molar-refractivity contribution >= 4 is 27.5 Å². The number of likely N-dealkylation sites (tertiary alicyclic amines) is 1. The van der Waals surface area contributed by atoms with Crippen molar-refractivity contribution < 1.29 is 18.0 Å². The summed E-state index contributed by atoms with van der Waals surface area (Å²) in [7, 11) is -3.53. The number of hydrogen-bond acceptors (Lipinski definition) is 4. The van der Waals surface area contributed by atoms with Crippen LogP contribution in [0.4, 0.5) is 5.69 Å². The minimum absolute atomic E-state index is 0.0359. The highest BCUT2D eigenvalue weighted by Crippen LogP contribution is 2.25. The maximum absolute atomic E-state index is 12.9. The third kappa shape index (κ3) is 5.02. The molecule has 2 aromatic rings. The Morgan fingerprint density at radius 3 is 2.47 bits per heavy atom. The van der Waals surface area contributed by atoms with Crippen molar-refractivity contribution in [1.29, 1.82) is 0 Å². The van der Waals surface area contributed by atoms with E-state index >= 15 is 0 Å². The van der Waals surface area contributed by atoms with E-state index in [2.05, 4.69) is 12.2 Å². The molecule has 2 saturated heterocycles. The van der Waals surface area contributed by atoms with Crippen LogP contribution in [0.1, 0.15) is 31.7 Å². The van der Waals surface area contributed by atoms with Gasteiger partial charge in [0.25, 0.3) is 0 Å². The van der Waals surface area contributed by atoms with Gasteiger partial charge in [0.15, 0.2) is 0 Å². The molecule has 0 bridgehead atoms. The molecule has 0 aromatic heterocycles. The number of rotatable bonds is 6. The second-order valence-electron chi connectivity index (χ2n) is 8.78. The maximum Gasteiger partial charge on any atom is 0.243 e. The quantitative estimate of drug-likeness (QED) is 0.725. The Morgan fingerprint density at radius 1 is 1.06 bits per heavy atom. The van der Waals surface area contributed by atoms with Crippen LogP contribution in [0.2, 0.25) is 0 Å². The highest BCUT2D eigenvalue weighted by Gasteiger charge is 2.34. The maximum atomic E-state index is 12.9. The van der Waals surface area contributed by atoms with E-state index < -0.39 is 15.9 Å². The fourth-order valence-electron chi connectivity index (χ4n) is 4.37. The molecule has 0 aliphatic carbocycles. The fourth-order valence-corrected chi connectivity index (χ4v) is 5.97. The molecule has 2 aliphatic rings. The van der Waals surface area contributed by atoms with Gasteiger partial charge in [-0.15, -0.1) is 0 Å². The largest absolute Gasteiger partial charge is 0.338 e. The Hall–Kier alpha value is -2.71. The molecule has 2 aliphatic heterocycles. The van der Waals surface area contributed by atoms with Gasteiger partial charge < -0.3 is 10.2 Å². The predicted octanol–water partition coefficient (Wildman–Crippen LogP) is 3.09. The molecule has 8 heteroatoms. The monoisotopic (exact) mass is 455 g/mol. The van der Waals surface area contributed by atoms with E-state index in [9.17, 15) is 18.0 Å². The molecule has 0 radical (unpaired) electrons. The number of sulfonamides is 1. The van der Waals surface area contributed by atoms with Crippen LogP contribution in [0.3, 0.4) is 0 Å².